The number of pyridine rings is 2. The van der Waals surface area contributed by atoms with Crippen LogP contribution in [0.3, 0.4) is 0 Å². The molecule has 0 saturated heterocycles. The lowest BCUT2D eigenvalue weighted by atomic mass is 9.94. The summed E-state index contributed by atoms with van der Waals surface area (Å²) in [5, 5.41) is 0. The van der Waals surface area contributed by atoms with Crippen molar-refractivity contribution in [1.82, 2.24) is 9.97 Å². The van der Waals surface area contributed by atoms with Crippen molar-refractivity contribution in [3.05, 3.63) is 46.8 Å². The Morgan fingerprint density at radius 3 is 1.54 bits per heavy atom. The van der Waals surface area contributed by atoms with Gasteiger partial charge in [-0.2, -0.15) is 0 Å². The normalized spacial score (nSPS) is 34.2. The first-order chi connectivity index (χ1) is 12.4. The van der Waals surface area contributed by atoms with E-state index in [1.165, 1.54) is 48.2 Å². The third-order valence-corrected chi connectivity index (χ3v) is 8.43. The SMILES string of the molecule is CC1(C)[C@@H]2c3nc(-c4ccc5c(n4)[C@@H]4[C@H](CC5)C4(C)C)ccc3CC[C@@H]21. The quantitative estimate of drug-likeness (QED) is 0.681. The molecule has 0 aliphatic heterocycles. The lowest BCUT2D eigenvalue weighted by Crippen LogP contribution is -2.07. The van der Waals surface area contributed by atoms with Gasteiger partial charge in [-0.25, -0.2) is 0 Å². The van der Waals surface area contributed by atoms with E-state index in [1.54, 1.807) is 0 Å². The van der Waals surface area contributed by atoms with Gasteiger partial charge in [0.1, 0.15) is 0 Å². The van der Waals surface area contributed by atoms with E-state index in [2.05, 4.69) is 52.0 Å². The van der Waals surface area contributed by atoms with Gasteiger partial charge in [-0.05, 0) is 71.6 Å². The van der Waals surface area contributed by atoms with Crippen molar-refractivity contribution in [2.75, 3.05) is 0 Å². The van der Waals surface area contributed by atoms with Crippen molar-refractivity contribution < 1.29 is 0 Å². The first-order valence-electron chi connectivity index (χ1n) is 10.4. The summed E-state index contributed by atoms with van der Waals surface area (Å²) in [7, 11) is 0. The molecule has 0 radical (unpaired) electrons. The number of rotatable bonds is 1. The van der Waals surface area contributed by atoms with E-state index in [-0.39, 0.29) is 0 Å². The molecule has 2 saturated carbocycles. The van der Waals surface area contributed by atoms with E-state index in [9.17, 15) is 0 Å². The van der Waals surface area contributed by atoms with Gasteiger partial charge >= 0.3 is 0 Å². The molecule has 26 heavy (non-hydrogen) atoms. The first-order valence-corrected chi connectivity index (χ1v) is 10.4. The summed E-state index contributed by atoms with van der Waals surface area (Å²) in [6.45, 7) is 9.66. The second kappa shape index (κ2) is 4.58. The molecule has 0 unspecified atom stereocenters. The summed E-state index contributed by atoms with van der Waals surface area (Å²) < 4.78 is 0. The molecule has 2 fully saturated rings. The number of fused-ring (bicyclic) bond motifs is 6. The van der Waals surface area contributed by atoms with Crippen molar-refractivity contribution in [3.8, 4) is 11.4 Å². The standard InChI is InChI=1S/C24H28N2/c1-23(2)15-9-5-13-7-11-17(25-21(13)19(15)23)18-12-8-14-6-10-16-20(22(14)26-18)24(16,3)4/h7-8,11-12,15-16,19-20H,5-6,9-10H2,1-4H3/t15-,16-,19-,20-/m0/s1. The Hall–Kier alpha value is -1.70. The van der Waals surface area contributed by atoms with E-state index < -0.39 is 0 Å². The molecule has 2 nitrogen and oxygen atoms in total. The van der Waals surface area contributed by atoms with Crippen molar-refractivity contribution in [2.45, 2.75) is 65.2 Å². The lowest BCUT2D eigenvalue weighted by molar-refractivity contribution is 0.535. The largest absolute Gasteiger partial charge is 0.251 e. The maximum Gasteiger partial charge on any atom is 0.0889 e. The highest BCUT2D eigenvalue weighted by atomic mass is 14.9. The van der Waals surface area contributed by atoms with Crippen LogP contribution in [0.15, 0.2) is 24.3 Å². The molecule has 4 atom stereocenters. The van der Waals surface area contributed by atoms with Gasteiger partial charge in [0, 0.05) is 23.2 Å². The van der Waals surface area contributed by atoms with E-state index in [1.807, 2.05) is 0 Å². The van der Waals surface area contributed by atoms with Gasteiger partial charge in [0.05, 0.1) is 11.4 Å². The fourth-order valence-electron chi connectivity index (χ4n) is 6.53. The summed E-state index contributed by atoms with van der Waals surface area (Å²) in [4.78, 5) is 10.3. The van der Waals surface area contributed by atoms with Gasteiger partial charge in [0.25, 0.3) is 0 Å². The van der Waals surface area contributed by atoms with Crippen LogP contribution in [0.5, 0.6) is 0 Å². The van der Waals surface area contributed by atoms with Crippen molar-refractivity contribution in [2.24, 2.45) is 22.7 Å². The van der Waals surface area contributed by atoms with Crippen LogP contribution in [0, 0.1) is 22.7 Å². The van der Waals surface area contributed by atoms with E-state index in [4.69, 9.17) is 9.97 Å². The Labute approximate surface area is 156 Å². The zero-order valence-electron chi connectivity index (χ0n) is 16.3. The van der Waals surface area contributed by atoms with Crippen LogP contribution in [0.2, 0.25) is 0 Å². The predicted octanol–water partition coefficient (Wildman–Crippen LogP) is 5.52. The number of hydrogen-bond donors (Lipinski definition) is 0. The van der Waals surface area contributed by atoms with E-state index >= 15 is 0 Å². The van der Waals surface area contributed by atoms with Gasteiger partial charge in [0.2, 0.25) is 0 Å². The minimum atomic E-state index is 0.436. The third-order valence-electron chi connectivity index (χ3n) is 8.43. The number of aromatic nitrogens is 2. The molecule has 134 valence electrons. The summed E-state index contributed by atoms with van der Waals surface area (Å²) in [5.41, 5.74) is 8.72. The second-order valence-corrected chi connectivity index (χ2v) is 10.4. The summed E-state index contributed by atoms with van der Waals surface area (Å²) in [6, 6.07) is 9.07. The average molecular weight is 345 g/mol. The predicted molar refractivity (Wildman–Crippen MR) is 104 cm³/mol. The monoisotopic (exact) mass is 344 g/mol. The maximum atomic E-state index is 5.16. The highest BCUT2D eigenvalue weighted by Crippen LogP contribution is 2.69. The lowest BCUT2D eigenvalue weighted by Gasteiger charge is -2.17. The molecule has 2 aromatic rings. The number of hydrogen-bond acceptors (Lipinski definition) is 2. The Bertz CT molecular complexity index is 862. The zero-order valence-corrected chi connectivity index (χ0v) is 16.3. The Kier molecular flexibility index (Phi) is 2.71. The van der Waals surface area contributed by atoms with Crippen LogP contribution in [0.25, 0.3) is 11.4 Å². The van der Waals surface area contributed by atoms with Crippen LogP contribution in [-0.2, 0) is 12.8 Å². The van der Waals surface area contributed by atoms with Crippen LogP contribution >= 0.6 is 0 Å². The van der Waals surface area contributed by atoms with E-state index in [0.29, 0.717) is 22.7 Å². The summed E-state index contributed by atoms with van der Waals surface area (Å²) in [5.74, 6) is 3.00. The summed E-state index contributed by atoms with van der Waals surface area (Å²) in [6.07, 6.45) is 5.06. The molecule has 0 N–H and O–H groups in total. The molecule has 0 spiro atoms. The van der Waals surface area contributed by atoms with Crippen LogP contribution < -0.4 is 0 Å². The Balaban J connectivity index is 1.42. The van der Waals surface area contributed by atoms with Gasteiger partial charge in [-0.15, -0.1) is 0 Å². The highest BCUT2D eigenvalue weighted by Gasteiger charge is 2.61. The number of nitrogens with zero attached hydrogens (tertiary/aromatic N) is 2. The molecule has 2 heteroatoms. The molecule has 0 aromatic carbocycles. The highest BCUT2D eigenvalue weighted by molar-refractivity contribution is 5.58. The fourth-order valence-corrected chi connectivity index (χ4v) is 6.53. The van der Waals surface area contributed by atoms with Crippen LogP contribution in [0.4, 0.5) is 0 Å². The maximum absolute atomic E-state index is 5.16. The number of aryl methyl sites for hydroxylation is 2. The molecular weight excluding hydrogens is 316 g/mol. The third kappa shape index (κ3) is 1.83. The van der Waals surface area contributed by atoms with Crippen LogP contribution in [0.1, 0.15) is 74.9 Å². The molecular formula is C24H28N2. The Morgan fingerprint density at radius 1 is 0.692 bits per heavy atom. The molecule has 4 aliphatic rings. The topological polar surface area (TPSA) is 25.8 Å². The van der Waals surface area contributed by atoms with Gasteiger partial charge in [-0.3, -0.25) is 9.97 Å². The minimum Gasteiger partial charge on any atom is -0.251 e. The molecule has 0 amide bonds. The zero-order chi connectivity index (χ0) is 17.8. The first kappa shape index (κ1) is 15.4. The van der Waals surface area contributed by atoms with Gasteiger partial charge in [0.15, 0.2) is 0 Å². The van der Waals surface area contributed by atoms with Gasteiger partial charge in [-0.1, -0.05) is 39.8 Å². The second-order valence-electron chi connectivity index (χ2n) is 10.4. The van der Waals surface area contributed by atoms with Crippen molar-refractivity contribution in [1.29, 1.82) is 0 Å². The Morgan fingerprint density at radius 2 is 1.12 bits per heavy atom. The van der Waals surface area contributed by atoms with Crippen LogP contribution in [-0.4, -0.2) is 9.97 Å². The smallest absolute Gasteiger partial charge is 0.0889 e. The minimum absolute atomic E-state index is 0.436. The fraction of sp³-hybridized carbons (Fsp3) is 0.583. The summed E-state index contributed by atoms with van der Waals surface area (Å²) >= 11 is 0. The molecule has 2 aromatic heterocycles. The molecule has 2 heterocycles. The molecule has 0 bridgehead atoms. The van der Waals surface area contributed by atoms with Crippen molar-refractivity contribution >= 4 is 0 Å². The van der Waals surface area contributed by atoms with Crippen molar-refractivity contribution in [3.63, 3.8) is 0 Å². The average Bonchev–Trinajstić information content (AvgIpc) is 3.43. The molecule has 6 rings (SSSR count). The molecule has 4 aliphatic carbocycles. The van der Waals surface area contributed by atoms with E-state index in [0.717, 1.165) is 23.2 Å². The van der Waals surface area contributed by atoms with Gasteiger partial charge < -0.3 is 0 Å².